The van der Waals surface area contributed by atoms with Gasteiger partial charge in [0.25, 0.3) is 5.91 Å². The van der Waals surface area contributed by atoms with Crippen LogP contribution in [0.1, 0.15) is 23.2 Å². The second kappa shape index (κ2) is 7.84. The molecule has 6 heteroatoms. The molecule has 1 aromatic carbocycles. The minimum absolute atomic E-state index is 0.157. The van der Waals surface area contributed by atoms with Crippen molar-refractivity contribution in [3.63, 3.8) is 0 Å². The van der Waals surface area contributed by atoms with Gasteiger partial charge in [-0.3, -0.25) is 9.69 Å². The number of aryl methyl sites for hydroxylation is 1. The number of benzene rings is 1. The molecule has 0 aliphatic carbocycles. The van der Waals surface area contributed by atoms with Crippen LogP contribution in [0, 0.1) is 0 Å². The molecule has 138 valence electrons. The maximum atomic E-state index is 12.8. The zero-order valence-corrected chi connectivity index (χ0v) is 16.1. The molecule has 0 radical (unpaired) electrons. The van der Waals surface area contributed by atoms with Gasteiger partial charge in [-0.1, -0.05) is 12.1 Å². The Balaban J connectivity index is 1.37. The monoisotopic (exact) mass is 370 g/mol. The van der Waals surface area contributed by atoms with Gasteiger partial charge in [0.2, 0.25) is 0 Å². The smallest absolute Gasteiger partial charge is 0.253 e. The zero-order chi connectivity index (χ0) is 17.9. The maximum absolute atomic E-state index is 12.8. The van der Waals surface area contributed by atoms with E-state index in [1.807, 2.05) is 47.0 Å². The molecule has 26 heavy (non-hydrogen) atoms. The fourth-order valence-electron chi connectivity index (χ4n) is 3.96. The Morgan fingerprint density at radius 3 is 2.38 bits per heavy atom. The molecule has 2 aliphatic heterocycles. The highest BCUT2D eigenvalue weighted by Crippen LogP contribution is 2.23. The molecule has 1 aromatic heterocycles. The van der Waals surface area contributed by atoms with Crippen molar-refractivity contribution < 1.29 is 4.79 Å². The summed E-state index contributed by atoms with van der Waals surface area (Å²) in [6.45, 7) is 4.15. The van der Waals surface area contributed by atoms with E-state index in [1.165, 1.54) is 24.6 Å². The summed E-state index contributed by atoms with van der Waals surface area (Å²) in [7, 11) is 1.98. The Labute approximate surface area is 159 Å². The molecule has 1 amide bonds. The van der Waals surface area contributed by atoms with Crippen molar-refractivity contribution in [2.75, 3.05) is 37.7 Å². The first-order chi connectivity index (χ1) is 12.7. The fourth-order valence-corrected chi connectivity index (χ4v) is 4.90. The largest absolute Gasteiger partial charge is 0.339 e. The Bertz CT molecular complexity index is 743. The van der Waals surface area contributed by atoms with Crippen molar-refractivity contribution in [2.45, 2.75) is 18.9 Å². The Morgan fingerprint density at radius 1 is 1.08 bits per heavy atom. The first-order valence-electron chi connectivity index (χ1n) is 9.41. The van der Waals surface area contributed by atoms with Crippen LogP contribution in [0.15, 0.2) is 36.7 Å². The molecule has 2 fully saturated rings. The number of thioether (sulfide) groups is 1. The van der Waals surface area contributed by atoms with E-state index in [-0.39, 0.29) is 5.91 Å². The molecule has 0 atom stereocenters. The van der Waals surface area contributed by atoms with Gasteiger partial charge in [-0.05, 0) is 25.0 Å². The van der Waals surface area contributed by atoms with Crippen molar-refractivity contribution >= 4 is 17.7 Å². The highest BCUT2D eigenvalue weighted by atomic mass is 32.2. The lowest BCUT2D eigenvalue weighted by Gasteiger charge is -2.40. The van der Waals surface area contributed by atoms with E-state index < -0.39 is 0 Å². The van der Waals surface area contributed by atoms with Crippen LogP contribution in [-0.4, -0.2) is 69.0 Å². The van der Waals surface area contributed by atoms with Gasteiger partial charge in [0.05, 0.1) is 0 Å². The van der Waals surface area contributed by atoms with Crippen molar-refractivity contribution in [1.29, 1.82) is 0 Å². The molecule has 0 unspecified atom stereocenters. The maximum Gasteiger partial charge on any atom is 0.253 e. The van der Waals surface area contributed by atoms with Gasteiger partial charge in [0, 0.05) is 74.3 Å². The summed E-state index contributed by atoms with van der Waals surface area (Å²) in [6, 6.07) is 8.51. The van der Waals surface area contributed by atoms with Crippen molar-refractivity contribution in [3.05, 3.63) is 42.2 Å². The molecule has 0 spiro atoms. The van der Waals surface area contributed by atoms with E-state index in [0.717, 1.165) is 42.9 Å². The number of hydrogen-bond donors (Lipinski definition) is 0. The van der Waals surface area contributed by atoms with Crippen molar-refractivity contribution in [1.82, 2.24) is 19.4 Å². The number of hydrogen-bond acceptors (Lipinski definition) is 4. The lowest BCUT2D eigenvalue weighted by Crippen LogP contribution is -2.49. The number of likely N-dealkylation sites (tertiary alicyclic amines) is 1. The highest BCUT2D eigenvalue weighted by Gasteiger charge is 2.28. The predicted octanol–water partition coefficient (Wildman–Crippen LogP) is 2.74. The summed E-state index contributed by atoms with van der Waals surface area (Å²) < 4.78 is 1.99. The van der Waals surface area contributed by atoms with Crippen molar-refractivity contribution in [3.8, 4) is 11.4 Å². The molecule has 0 saturated carbocycles. The third-order valence-electron chi connectivity index (χ3n) is 5.52. The minimum atomic E-state index is 0.157. The molecule has 0 N–H and O–H groups in total. The number of imidazole rings is 1. The predicted molar refractivity (Wildman–Crippen MR) is 106 cm³/mol. The molecule has 4 rings (SSSR count). The Kier molecular flexibility index (Phi) is 5.31. The Morgan fingerprint density at radius 2 is 1.77 bits per heavy atom. The zero-order valence-electron chi connectivity index (χ0n) is 15.3. The van der Waals surface area contributed by atoms with Crippen LogP contribution in [0.2, 0.25) is 0 Å². The standard InChI is InChI=1S/C20H26N4OS/c1-22-11-8-21-19(22)16-2-4-17(5-3-16)20(25)24-9-6-18(7-10-24)23-12-14-26-15-13-23/h2-5,8,11,18H,6-7,9-10,12-15H2,1H3. The Hall–Kier alpha value is -1.79. The van der Waals surface area contributed by atoms with E-state index in [4.69, 9.17) is 0 Å². The summed E-state index contributed by atoms with van der Waals surface area (Å²) in [4.78, 5) is 21.8. The molecule has 5 nitrogen and oxygen atoms in total. The third-order valence-corrected chi connectivity index (χ3v) is 6.47. The molecule has 2 saturated heterocycles. The average Bonchev–Trinajstić information content (AvgIpc) is 3.14. The number of amides is 1. The number of rotatable bonds is 3. The van der Waals surface area contributed by atoms with Gasteiger partial charge < -0.3 is 9.47 Å². The third kappa shape index (κ3) is 3.67. The molecule has 2 aromatic rings. The second-order valence-electron chi connectivity index (χ2n) is 7.11. The van der Waals surface area contributed by atoms with Crippen LogP contribution in [-0.2, 0) is 7.05 Å². The van der Waals surface area contributed by atoms with Crippen molar-refractivity contribution in [2.24, 2.45) is 7.05 Å². The number of piperidine rings is 1. The second-order valence-corrected chi connectivity index (χ2v) is 8.34. The van der Waals surface area contributed by atoms with Gasteiger partial charge >= 0.3 is 0 Å². The van der Waals surface area contributed by atoms with Gasteiger partial charge in [0.15, 0.2) is 0 Å². The fraction of sp³-hybridized carbons (Fsp3) is 0.500. The van der Waals surface area contributed by atoms with Gasteiger partial charge in [-0.15, -0.1) is 0 Å². The minimum Gasteiger partial charge on any atom is -0.339 e. The van der Waals surface area contributed by atoms with E-state index >= 15 is 0 Å². The van der Waals surface area contributed by atoms with E-state index in [9.17, 15) is 4.79 Å². The van der Waals surface area contributed by atoms with Gasteiger partial charge in [0.1, 0.15) is 5.82 Å². The molecule has 2 aliphatic rings. The number of nitrogens with zero attached hydrogens (tertiary/aromatic N) is 4. The van der Waals surface area contributed by atoms with E-state index in [1.54, 1.807) is 6.20 Å². The molecule has 0 bridgehead atoms. The van der Waals surface area contributed by atoms with E-state index in [2.05, 4.69) is 21.6 Å². The lowest BCUT2D eigenvalue weighted by molar-refractivity contribution is 0.0631. The van der Waals surface area contributed by atoms with Crippen LogP contribution in [0.25, 0.3) is 11.4 Å². The SMILES string of the molecule is Cn1ccnc1-c1ccc(C(=O)N2CCC(N3CCSCC3)CC2)cc1. The van der Waals surface area contributed by atoms with E-state index in [0.29, 0.717) is 6.04 Å². The van der Waals surface area contributed by atoms with Crippen LogP contribution >= 0.6 is 11.8 Å². The van der Waals surface area contributed by atoms with Gasteiger partial charge in [-0.2, -0.15) is 11.8 Å². The number of carbonyl (C=O) groups is 1. The summed E-state index contributed by atoms with van der Waals surface area (Å²) >= 11 is 2.05. The first kappa shape index (κ1) is 17.6. The number of carbonyl (C=O) groups excluding carboxylic acids is 1. The first-order valence-corrected chi connectivity index (χ1v) is 10.6. The summed E-state index contributed by atoms with van der Waals surface area (Å²) in [5.41, 5.74) is 1.81. The molecular formula is C20H26N4OS. The lowest BCUT2D eigenvalue weighted by atomic mass is 10.0. The summed E-state index contributed by atoms with van der Waals surface area (Å²) in [6.07, 6.45) is 5.92. The summed E-state index contributed by atoms with van der Waals surface area (Å²) in [5.74, 6) is 3.58. The quantitative estimate of drug-likeness (QED) is 0.833. The number of aromatic nitrogens is 2. The topological polar surface area (TPSA) is 41.4 Å². The highest BCUT2D eigenvalue weighted by molar-refractivity contribution is 7.99. The molecule has 3 heterocycles. The van der Waals surface area contributed by atoms with Gasteiger partial charge in [-0.25, -0.2) is 4.98 Å². The normalized spacial score (nSPS) is 19.7. The summed E-state index contributed by atoms with van der Waals surface area (Å²) in [5, 5.41) is 0. The van der Waals surface area contributed by atoms with Crippen LogP contribution in [0.3, 0.4) is 0 Å². The average molecular weight is 371 g/mol. The van der Waals surface area contributed by atoms with Crippen LogP contribution < -0.4 is 0 Å². The van der Waals surface area contributed by atoms with Crippen LogP contribution in [0.4, 0.5) is 0 Å². The molecular weight excluding hydrogens is 344 g/mol. The van der Waals surface area contributed by atoms with Crippen LogP contribution in [0.5, 0.6) is 0 Å².